The average molecular weight is 208 g/mol. The van der Waals surface area contributed by atoms with Gasteiger partial charge in [-0.05, 0) is 38.3 Å². The maximum atomic E-state index is 9.14. The van der Waals surface area contributed by atoms with E-state index in [1.165, 1.54) is 12.8 Å². The van der Waals surface area contributed by atoms with Gasteiger partial charge in [-0.1, -0.05) is 27.2 Å². The van der Waals surface area contributed by atoms with Gasteiger partial charge in [0.2, 0.25) is 0 Å². The molecule has 0 saturated heterocycles. The van der Waals surface area contributed by atoms with Crippen molar-refractivity contribution in [1.29, 1.82) is 5.26 Å². The minimum Gasteiger partial charge on any atom is -0.305 e. The molecule has 0 aromatic carbocycles. The van der Waals surface area contributed by atoms with Gasteiger partial charge in [0.05, 0.1) is 11.5 Å². The van der Waals surface area contributed by atoms with Crippen LogP contribution in [0, 0.1) is 22.2 Å². The van der Waals surface area contributed by atoms with E-state index < -0.39 is 0 Å². The van der Waals surface area contributed by atoms with Gasteiger partial charge in [0, 0.05) is 6.54 Å². The number of hydrogen-bond donors (Lipinski definition) is 0. The third-order valence-electron chi connectivity index (χ3n) is 3.36. The molecule has 0 radical (unpaired) electrons. The second-order valence-corrected chi connectivity index (χ2v) is 6.29. The second-order valence-electron chi connectivity index (χ2n) is 6.29. The predicted molar refractivity (Wildman–Crippen MR) is 63.5 cm³/mol. The molecule has 0 atom stereocenters. The summed E-state index contributed by atoms with van der Waals surface area (Å²) in [6, 6.07) is 2.50. The van der Waals surface area contributed by atoms with Crippen LogP contribution in [0.15, 0.2) is 0 Å². The Hall–Kier alpha value is -0.550. The first-order valence-corrected chi connectivity index (χ1v) is 5.97. The Morgan fingerprint density at radius 1 is 1.33 bits per heavy atom. The molecule has 2 heteroatoms. The molecular weight excluding hydrogens is 184 g/mol. The quantitative estimate of drug-likeness (QED) is 0.710. The Morgan fingerprint density at radius 3 is 2.27 bits per heavy atom. The van der Waals surface area contributed by atoms with Gasteiger partial charge in [-0.15, -0.1) is 0 Å². The Kier molecular flexibility index (Phi) is 3.78. The molecule has 1 aliphatic rings. The van der Waals surface area contributed by atoms with Crippen molar-refractivity contribution in [2.45, 2.75) is 46.5 Å². The molecule has 1 rings (SSSR count). The van der Waals surface area contributed by atoms with Gasteiger partial charge in [-0.3, -0.25) is 0 Å². The molecule has 0 N–H and O–H groups in total. The highest BCUT2D eigenvalue weighted by molar-refractivity contribution is 5.06. The van der Waals surface area contributed by atoms with Crippen molar-refractivity contribution in [3.8, 4) is 6.07 Å². The maximum Gasteiger partial charge on any atom is 0.0703 e. The summed E-state index contributed by atoms with van der Waals surface area (Å²) in [6.07, 6.45) is 4.64. The van der Waals surface area contributed by atoms with Crippen molar-refractivity contribution in [2.24, 2.45) is 10.8 Å². The van der Waals surface area contributed by atoms with Crippen molar-refractivity contribution in [3.05, 3.63) is 0 Å². The summed E-state index contributed by atoms with van der Waals surface area (Å²) in [7, 11) is 2.14. The molecule has 0 spiro atoms. The summed E-state index contributed by atoms with van der Waals surface area (Å²) in [5.41, 5.74) is 0.389. The zero-order valence-electron chi connectivity index (χ0n) is 10.6. The van der Waals surface area contributed by atoms with E-state index >= 15 is 0 Å². The van der Waals surface area contributed by atoms with Crippen molar-refractivity contribution in [2.75, 3.05) is 20.1 Å². The lowest BCUT2D eigenvalue weighted by Gasteiger charge is -2.38. The molecule has 0 aromatic heterocycles. The van der Waals surface area contributed by atoms with Gasteiger partial charge in [-0.2, -0.15) is 5.26 Å². The molecule has 0 amide bonds. The van der Waals surface area contributed by atoms with E-state index in [2.05, 4.69) is 38.8 Å². The fraction of sp³-hybridized carbons (Fsp3) is 0.923. The summed E-state index contributed by atoms with van der Waals surface area (Å²) < 4.78 is 0. The van der Waals surface area contributed by atoms with Crippen LogP contribution in [0.3, 0.4) is 0 Å². The third-order valence-corrected chi connectivity index (χ3v) is 3.36. The highest BCUT2D eigenvalue weighted by Gasteiger charge is 2.37. The van der Waals surface area contributed by atoms with Crippen LogP contribution in [0.25, 0.3) is 0 Å². The van der Waals surface area contributed by atoms with Crippen LogP contribution in [-0.4, -0.2) is 25.0 Å². The zero-order chi connectivity index (χ0) is 11.5. The van der Waals surface area contributed by atoms with Crippen molar-refractivity contribution >= 4 is 0 Å². The first kappa shape index (κ1) is 12.5. The summed E-state index contributed by atoms with van der Waals surface area (Å²) >= 11 is 0. The number of rotatable bonds is 4. The Labute approximate surface area is 94.3 Å². The zero-order valence-corrected chi connectivity index (χ0v) is 10.6. The van der Waals surface area contributed by atoms with Crippen LogP contribution in [0.2, 0.25) is 0 Å². The predicted octanol–water partition coefficient (Wildman–Crippen LogP) is 3.05. The molecule has 1 saturated carbocycles. The van der Waals surface area contributed by atoms with Gasteiger partial charge in [0.1, 0.15) is 0 Å². The number of hydrogen-bond acceptors (Lipinski definition) is 2. The van der Waals surface area contributed by atoms with E-state index in [0.717, 1.165) is 25.9 Å². The Bertz CT molecular complexity index is 240. The normalized spacial score (nSPS) is 19.7. The van der Waals surface area contributed by atoms with Crippen LogP contribution in [0.1, 0.15) is 46.5 Å². The van der Waals surface area contributed by atoms with Crippen LogP contribution in [0.5, 0.6) is 0 Å². The monoisotopic (exact) mass is 208 g/mol. The van der Waals surface area contributed by atoms with E-state index in [0.29, 0.717) is 5.41 Å². The average Bonchev–Trinajstić information content (AvgIpc) is 2.07. The van der Waals surface area contributed by atoms with E-state index in [9.17, 15) is 0 Å². The molecule has 86 valence electrons. The van der Waals surface area contributed by atoms with Crippen molar-refractivity contribution < 1.29 is 0 Å². The summed E-state index contributed by atoms with van der Waals surface area (Å²) in [5.74, 6) is 0. The standard InChI is InChI=1S/C13H24N2/c1-12(2,3)8-9-15(4)11-13(10-14)6-5-7-13/h5-9,11H2,1-4H3. The van der Waals surface area contributed by atoms with E-state index in [4.69, 9.17) is 5.26 Å². The lowest BCUT2D eigenvalue weighted by atomic mass is 9.69. The largest absolute Gasteiger partial charge is 0.305 e. The Morgan fingerprint density at radius 2 is 1.93 bits per heavy atom. The Balaban J connectivity index is 2.30. The van der Waals surface area contributed by atoms with Crippen LogP contribution < -0.4 is 0 Å². The fourth-order valence-corrected chi connectivity index (χ4v) is 2.03. The molecule has 0 heterocycles. The van der Waals surface area contributed by atoms with E-state index in [1.54, 1.807) is 0 Å². The number of nitrogens with zero attached hydrogens (tertiary/aromatic N) is 2. The molecule has 1 aliphatic carbocycles. The first-order valence-electron chi connectivity index (χ1n) is 5.97. The highest BCUT2D eigenvalue weighted by Crippen LogP contribution is 2.40. The minimum atomic E-state index is -0.00731. The first-order chi connectivity index (χ1) is 6.87. The lowest BCUT2D eigenvalue weighted by Crippen LogP contribution is -2.40. The topological polar surface area (TPSA) is 27.0 Å². The smallest absolute Gasteiger partial charge is 0.0703 e. The van der Waals surface area contributed by atoms with Crippen molar-refractivity contribution in [1.82, 2.24) is 4.90 Å². The van der Waals surface area contributed by atoms with Gasteiger partial charge < -0.3 is 4.90 Å². The molecule has 0 bridgehead atoms. The molecule has 1 fully saturated rings. The van der Waals surface area contributed by atoms with Gasteiger partial charge in [0.25, 0.3) is 0 Å². The van der Waals surface area contributed by atoms with Crippen LogP contribution >= 0.6 is 0 Å². The lowest BCUT2D eigenvalue weighted by molar-refractivity contribution is 0.129. The SMILES string of the molecule is CN(CCC(C)(C)C)CC1(C#N)CCC1. The summed E-state index contributed by atoms with van der Waals surface area (Å²) in [4.78, 5) is 2.33. The highest BCUT2D eigenvalue weighted by atomic mass is 15.1. The molecule has 0 unspecified atom stereocenters. The van der Waals surface area contributed by atoms with Gasteiger partial charge in [-0.25, -0.2) is 0 Å². The third kappa shape index (κ3) is 3.83. The van der Waals surface area contributed by atoms with Crippen LogP contribution in [-0.2, 0) is 0 Å². The van der Waals surface area contributed by atoms with E-state index in [1.807, 2.05) is 0 Å². The van der Waals surface area contributed by atoms with Crippen LogP contribution in [0.4, 0.5) is 0 Å². The molecule has 15 heavy (non-hydrogen) atoms. The maximum absolute atomic E-state index is 9.14. The summed E-state index contributed by atoms with van der Waals surface area (Å²) in [5, 5.41) is 9.14. The molecule has 0 aliphatic heterocycles. The van der Waals surface area contributed by atoms with E-state index in [-0.39, 0.29) is 5.41 Å². The van der Waals surface area contributed by atoms with Crippen molar-refractivity contribution in [3.63, 3.8) is 0 Å². The molecule has 0 aromatic rings. The molecular formula is C13H24N2. The minimum absolute atomic E-state index is 0.00731. The summed E-state index contributed by atoms with van der Waals surface area (Å²) in [6.45, 7) is 8.87. The molecule has 2 nitrogen and oxygen atoms in total. The number of nitriles is 1. The second kappa shape index (κ2) is 4.53. The van der Waals surface area contributed by atoms with Gasteiger partial charge in [0.15, 0.2) is 0 Å². The fourth-order valence-electron chi connectivity index (χ4n) is 2.03. The van der Waals surface area contributed by atoms with Gasteiger partial charge >= 0.3 is 0 Å².